The molecule has 1 aromatic carbocycles. The highest BCUT2D eigenvalue weighted by atomic mass is 16.5. The number of esters is 1. The van der Waals surface area contributed by atoms with Crippen LogP contribution >= 0.6 is 0 Å². The summed E-state index contributed by atoms with van der Waals surface area (Å²) in [5.74, 6) is 0.388. The van der Waals surface area contributed by atoms with Crippen LogP contribution in [-0.2, 0) is 4.74 Å². The second-order valence-corrected chi connectivity index (χ2v) is 4.22. The van der Waals surface area contributed by atoms with Gasteiger partial charge in [0.05, 0.1) is 12.7 Å². The SMILES string of the molecule is COC(=O)c1cc(OC[C@@H]2CCN2)ccc1C. The van der Waals surface area contributed by atoms with Crippen LogP contribution in [0.2, 0.25) is 0 Å². The van der Waals surface area contributed by atoms with E-state index in [0.29, 0.717) is 24.0 Å². The van der Waals surface area contributed by atoms with E-state index in [-0.39, 0.29) is 5.97 Å². The van der Waals surface area contributed by atoms with E-state index in [0.717, 1.165) is 18.5 Å². The van der Waals surface area contributed by atoms with Crippen LogP contribution in [0.15, 0.2) is 18.2 Å². The maximum Gasteiger partial charge on any atom is 0.338 e. The second-order valence-electron chi connectivity index (χ2n) is 4.22. The molecule has 4 heteroatoms. The van der Waals surface area contributed by atoms with Crippen LogP contribution in [0.4, 0.5) is 0 Å². The number of hydrogen-bond acceptors (Lipinski definition) is 4. The van der Waals surface area contributed by atoms with Gasteiger partial charge in [0.25, 0.3) is 0 Å². The van der Waals surface area contributed by atoms with Crippen LogP contribution in [0.3, 0.4) is 0 Å². The van der Waals surface area contributed by atoms with Gasteiger partial charge in [0.2, 0.25) is 0 Å². The Morgan fingerprint density at radius 1 is 1.53 bits per heavy atom. The van der Waals surface area contributed by atoms with Gasteiger partial charge in [-0.1, -0.05) is 6.07 Å². The molecule has 4 nitrogen and oxygen atoms in total. The summed E-state index contributed by atoms with van der Waals surface area (Å²) < 4.78 is 10.4. The molecule has 1 aliphatic heterocycles. The minimum absolute atomic E-state index is 0.324. The molecule has 1 aliphatic rings. The third kappa shape index (κ3) is 2.77. The van der Waals surface area contributed by atoms with Gasteiger partial charge in [0.15, 0.2) is 0 Å². The average molecular weight is 235 g/mol. The lowest BCUT2D eigenvalue weighted by Gasteiger charge is -2.27. The molecule has 0 bridgehead atoms. The number of rotatable bonds is 4. The van der Waals surface area contributed by atoms with E-state index in [9.17, 15) is 4.79 Å². The molecule has 0 aliphatic carbocycles. The van der Waals surface area contributed by atoms with Crippen LogP contribution < -0.4 is 10.1 Å². The van der Waals surface area contributed by atoms with Gasteiger partial charge < -0.3 is 14.8 Å². The molecule has 0 saturated carbocycles. The monoisotopic (exact) mass is 235 g/mol. The summed E-state index contributed by atoms with van der Waals surface area (Å²) in [5.41, 5.74) is 1.46. The number of carbonyl (C=O) groups excluding carboxylic acids is 1. The molecule has 0 radical (unpaired) electrons. The van der Waals surface area contributed by atoms with Crippen LogP contribution in [0.1, 0.15) is 22.3 Å². The Morgan fingerprint density at radius 2 is 2.29 bits per heavy atom. The van der Waals surface area contributed by atoms with Crippen molar-refractivity contribution < 1.29 is 14.3 Å². The Morgan fingerprint density at radius 3 is 2.88 bits per heavy atom. The molecule has 0 spiro atoms. The van der Waals surface area contributed by atoms with E-state index in [1.807, 2.05) is 19.1 Å². The van der Waals surface area contributed by atoms with Gasteiger partial charge >= 0.3 is 5.97 Å². The maximum atomic E-state index is 11.5. The van der Waals surface area contributed by atoms with E-state index in [1.54, 1.807) is 6.07 Å². The van der Waals surface area contributed by atoms with Crippen molar-refractivity contribution >= 4 is 5.97 Å². The van der Waals surface area contributed by atoms with Gasteiger partial charge in [-0.05, 0) is 37.6 Å². The molecule has 92 valence electrons. The van der Waals surface area contributed by atoms with Gasteiger partial charge in [-0.15, -0.1) is 0 Å². The number of hydrogen-bond donors (Lipinski definition) is 1. The zero-order valence-corrected chi connectivity index (χ0v) is 10.2. The highest BCUT2D eigenvalue weighted by molar-refractivity contribution is 5.91. The fourth-order valence-electron chi connectivity index (χ4n) is 1.71. The first-order valence-electron chi connectivity index (χ1n) is 5.76. The van der Waals surface area contributed by atoms with E-state index in [2.05, 4.69) is 5.32 Å². The number of nitrogens with one attached hydrogen (secondary N) is 1. The molecular formula is C13H17NO3. The zero-order chi connectivity index (χ0) is 12.3. The van der Waals surface area contributed by atoms with Gasteiger partial charge in [-0.2, -0.15) is 0 Å². The van der Waals surface area contributed by atoms with Crippen molar-refractivity contribution in [2.75, 3.05) is 20.3 Å². The predicted octanol–water partition coefficient (Wildman–Crippen LogP) is 1.52. The highest BCUT2D eigenvalue weighted by Gasteiger charge is 2.17. The first-order valence-corrected chi connectivity index (χ1v) is 5.76. The van der Waals surface area contributed by atoms with Crippen LogP contribution in [0.5, 0.6) is 5.75 Å². The Bertz CT molecular complexity index is 413. The molecule has 0 aromatic heterocycles. The summed E-state index contributed by atoms with van der Waals surface area (Å²) in [6.45, 7) is 3.59. The Labute approximate surface area is 101 Å². The summed E-state index contributed by atoms with van der Waals surface area (Å²) >= 11 is 0. The molecule has 0 unspecified atom stereocenters. The molecule has 1 atom stereocenters. The second kappa shape index (κ2) is 5.19. The van der Waals surface area contributed by atoms with Crippen molar-refractivity contribution in [2.45, 2.75) is 19.4 Å². The van der Waals surface area contributed by atoms with E-state index in [4.69, 9.17) is 9.47 Å². The molecule has 17 heavy (non-hydrogen) atoms. The summed E-state index contributed by atoms with van der Waals surface area (Å²) in [5, 5.41) is 3.26. The standard InChI is InChI=1S/C13H17NO3/c1-9-3-4-11(7-12(9)13(15)16-2)17-8-10-5-6-14-10/h3-4,7,10,14H,5-6,8H2,1-2H3/t10-/m0/s1. The van der Waals surface area contributed by atoms with Gasteiger partial charge in [-0.25, -0.2) is 4.79 Å². The molecular weight excluding hydrogens is 218 g/mol. The number of ether oxygens (including phenoxy) is 2. The summed E-state index contributed by atoms with van der Waals surface area (Å²) in [6, 6.07) is 5.92. The lowest BCUT2D eigenvalue weighted by atomic mass is 10.1. The quantitative estimate of drug-likeness (QED) is 0.804. The predicted molar refractivity (Wildman–Crippen MR) is 64.4 cm³/mol. The fraction of sp³-hybridized carbons (Fsp3) is 0.462. The summed E-state index contributed by atoms with van der Waals surface area (Å²) in [6.07, 6.45) is 1.15. The molecule has 1 saturated heterocycles. The summed E-state index contributed by atoms with van der Waals surface area (Å²) in [4.78, 5) is 11.5. The third-order valence-corrected chi connectivity index (χ3v) is 2.99. The number of methoxy groups -OCH3 is 1. The maximum absolute atomic E-state index is 11.5. The topological polar surface area (TPSA) is 47.6 Å². The minimum Gasteiger partial charge on any atom is -0.492 e. The van der Waals surface area contributed by atoms with Gasteiger partial charge in [-0.3, -0.25) is 0 Å². The average Bonchev–Trinajstić information content (AvgIpc) is 2.28. The molecule has 1 N–H and O–H groups in total. The van der Waals surface area contributed by atoms with Crippen molar-refractivity contribution in [1.29, 1.82) is 0 Å². The number of carbonyl (C=O) groups is 1. The molecule has 2 rings (SSSR count). The number of benzene rings is 1. The molecule has 1 heterocycles. The van der Waals surface area contributed by atoms with Crippen molar-refractivity contribution in [3.8, 4) is 5.75 Å². The van der Waals surface area contributed by atoms with Gasteiger partial charge in [0, 0.05) is 6.04 Å². The first-order chi connectivity index (χ1) is 8.20. The third-order valence-electron chi connectivity index (χ3n) is 2.99. The fourth-order valence-corrected chi connectivity index (χ4v) is 1.71. The molecule has 0 amide bonds. The highest BCUT2D eigenvalue weighted by Crippen LogP contribution is 2.19. The summed E-state index contributed by atoms with van der Waals surface area (Å²) in [7, 11) is 1.38. The van der Waals surface area contributed by atoms with Crippen LogP contribution in [-0.4, -0.2) is 32.3 Å². The minimum atomic E-state index is -0.324. The van der Waals surface area contributed by atoms with Crippen molar-refractivity contribution in [2.24, 2.45) is 0 Å². The van der Waals surface area contributed by atoms with Crippen LogP contribution in [0.25, 0.3) is 0 Å². The smallest absolute Gasteiger partial charge is 0.338 e. The molecule has 1 fully saturated rings. The number of aryl methyl sites for hydroxylation is 1. The van der Waals surface area contributed by atoms with Crippen molar-refractivity contribution in [1.82, 2.24) is 5.32 Å². The normalized spacial score (nSPS) is 18.4. The lowest BCUT2D eigenvalue weighted by molar-refractivity contribution is 0.0599. The van der Waals surface area contributed by atoms with E-state index >= 15 is 0 Å². The molecule has 1 aromatic rings. The van der Waals surface area contributed by atoms with E-state index in [1.165, 1.54) is 7.11 Å². The van der Waals surface area contributed by atoms with Gasteiger partial charge in [0.1, 0.15) is 12.4 Å². The first kappa shape index (κ1) is 11.9. The van der Waals surface area contributed by atoms with Crippen LogP contribution in [0, 0.1) is 6.92 Å². The Balaban J connectivity index is 2.04. The Kier molecular flexibility index (Phi) is 3.64. The van der Waals surface area contributed by atoms with Crippen molar-refractivity contribution in [3.05, 3.63) is 29.3 Å². The Hall–Kier alpha value is -1.55. The van der Waals surface area contributed by atoms with E-state index < -0.39 is 0 Å². The lowest BCUT2D eigenvalue weighted by Crippen LogP contribution is -2.46. The zero-order valence-electron chi connectivity index (χ0n) is 10.2. The largest absolute Gasteiger partial charge is 0.492 e. The van der Waals surface area contributed by atoms with Crippen molar-refractivity contribution in [3.63, 3.8) is 0 Å².